The van der Waals surface area contributed by atoms with Crippen molar-refractivity contribution in [2.45, 2.75) is 289 Å². The van der Waals surface area contributed by atoms with Gasteiger partial charge in [0.2, 0.25) is 5.91 Å². The Bertz CT molecular complexity index is 939. The third-order valence-corrected chi connectivity index (χ3v) is 12.1. The van der Waals surface area contributed by atoms with E-state index < -0.39 is 12.1 Å². The first-order valence-electron chi connectivity index (χ1n) is 26.4. The Balaban J connectivity index is 3.46. The molecule has 2 atom stereocenters. The fourth-order valence-electron chi connectivity index (χ4n) is 8.08. The zero-order chi connectivity index (χ0) is 42.8. The Morgan fingerprint density at radius 3 is 1.12 bits per heavy atom. The van der Waals surface area contributed by atoms with Crippen LogP contribution in [0.5, 0.6) is 0 Å². The number of allylic oxidation sites excluding steroid dienone is 7. The Morgan fingerprint density at radius 2 is 0.746 bits per heavy atom. The van der Waals surface area contributed by atoms with E-state index in [1.54, 1.807) is 6.08 Å². The van der Waals surface area contributed by atoms with Crippen LogP contribution >= 0.6 is 0 Å². The first kappa shape index (κ1) is 57.3. The van der Waals surface area contributed by atoms with Crippen molar-refractivity contribution in [1.82, 2.24) is 5.32 Å². The van der Waals surface area contributed by atoms with E-state index in [1.165, 1.54) is 199 Å². The molecule has 0 saturated heterocycles. The van der Waals surface area contributed by atoms with Gasteiger partial charge in [0.05, 0.1) is 18.8 Å². The molecule has 0 aliphatic rings. The molecular formula is C55H103NO3. The van der Waals surface area contributed by atoms with E-state index >= 15 is 0 Å². The number of aliphatic hydroxyl groups is 2. The number of rotatable bonds is 48. The lowest BCUT2D eigenvalue weighted by Crippen LogP contribution is -2.45. The maximum Gasteiger partial charge on any atom is 0.220 e. The van der Waals surface area contributed by atoms with Crippen molar-refractivity contribution in [3.05, 3.63) is 48.6 Å². The van der Waals surface area contributed by atoms with Crippen molar-refractivity contribution in [3.63, 3.8) is 0 Å². The maximum atomic E-state index is 12.4. The first-order chi connectivity index (χ1) is 29.2. The SMILES string of the molecule is CC/C=C\C/C=C\C/C=C\CCCCCCCC(=O)NC(CO)C(O)/C=C/CCCCCCCCCCCCCCCCCCCCCCCCCCCCCCCC. The number of unbranched alkanes of at least 4 members (excludes halogenated alkanes) is 35. The fourth-order valence-corrected chi connectivity index (χ4v) is 8.08. The minimum atomic E-state index is -0.848. The van der Waals surface area contributed by atoms with Crippen LogP contribution in [-0.4, -0.2) is 34.9 Å². The van der Waals surface area contributed by atoms with Crippen LogP contribution in [0.15, 0.2) is 48.6 Å². The van der Waals surface area contributed by atoms with Crippen molar-refractivity contribution in [3.8, 4) is 0 Å². The lowest BCUT2D eigenvalue weighted by atomic mass is 10.0. The second kappa shape index (κ2) is 50.7. The van der Waals surface area contributed by atoms with Gasteiger partial charge in [-0.2, -0.15) is 0 Å². The van der Waals surface area contributed by atoms with E-state index in [9.17, 15) is 15.0 Å². The van der Waals surface area contributed by atoms with Crippen LogP contribution in [0, 0.1) is 0 Å². The number of nitrogens with one attached hydrogen (secondary N) is 1. The summed E-state index contributed by atoms with van der Waals surface area (Å²) < 4.78 is 0. The Kier molecular flexibility index (Phi) is 49.3. The predicted molar refractivity (Wildman–Crippen MR) is 262 cm³/mol. The third kappa shape index (κ3) is 47.3. The van der Waals surface area contributed by atoms with E-state index in [2.05, 4.69) is 55.6 Å². The van der Waals surface area contributed by atoms with Crippen molar-refractivity contribution < 1.29 is 15.0 Å². The van der Waals surface area contributed by atoms with Gasteiger partial charge in [-0.05, 0) is 51.4 Å². The molecule has 0 aliphatic carbocycles. The maximum absolute atomic E-state index is 12.4. The number of carbonyl (C=O) groups is 1. The molecule has 3 N–H and O–H groups in total. The molecule has 0 rings (SSSR count). The molecule has 0 aromatic rings. The molecule has 0 radical (unpaired) electrons. The second-order valence-corrected chi connectivity index (χ2v) is 17.9. The van der Waals surface area contributed by atoms with Crippen LogP contribution in [0.2, 0.25) is 0 Å². The van der Waals surface area contributed by atoms with Gasteiger partial charge in [-0.25, -0.2) is 0 Å². The summed E-state index contributed by atoms with van der Waals surface area (Å²) >= 11 is 0. The molecule has 346 valence electrons. The highest BCUT2D eigenvalue weighted by Gasteiger charge is 2.18. The average Bonchev–Trinajstić information content (AvgIpc) is 3.24. The van der Waals surface area contributed by atoms with E-state index in [4.69, 9.17) is 0 Å². The Labute approximate surface area is 369 Å². The van der Waals surface area contributed by atoms with Gasteiger partial charge in [0.15, 0.2) is 0 Å². The quantitative estimate of drug-likeness (QED) is 0.0423. The highest BCUT2D eigenvalue weighted by atomic mass is 16.3. The van der Waals surface area contributed by atoms with E-state index in [1.807, 2.05) is 6.08 Å². The van der Waals surface area contributed by atoms with E-state index in [0.717, 1.165) is 57.8 Å². The molecule has 4 heteroatoms. The fraction of sp³-hybridized carbons (Fsp3) is 0.836. The smallest absolute Gasteiger partial charge is 0.220 e. The summed E-state index contributed by atoms with van der Waals surface area (Å²) in [5.74, 6) is -0.0799. The molecule has 1 amide bonds. The first-order valence-corrected chi connectivity index (χ1v) is 26.4. The molecule has 0 heterocycles. The van der Waals surface area contributed by atoms with Crippen LogP contribution in [0.1, 0.15) is 277 Å². The van der Waals surface area contributed by atoms with E-state index in [0.29, 0.717) is 6.42 Å². The van der Waals surface area contributed by atoms with Crippen LogP contribution in [0.25, 0.3) is 0 Å². The summed E-state index contributed by atoms with van der Waals surface area (Å²) in [6.07, 6.45) is 69.9. The molecule has 0 saturated carbocycles. The van der Waals surface area contributed by atoms with Gasteiger partial charge in [0.1, 0.15) is 0 Å². The van der Waals surface area contributed by atoms with Crippen LogP contribution in [0.4, 0.5) is 0 Å². The largest absolute Gasteiger partial charge is 0.394 e. The number of aliphatic hydroxyl groups excluding tert-OH is 2. The molecule has 2 unspecified atom stereocenters. The van der Waals surface area contributed by atoms with Gasteiger partial charge in [-0.1, -0.05) is 268 Å². The number of hydrogen-bond acceptors (Lipinski definition) is 3. The standard InChI is InChI=1S/C55H103NO3/c1-3-5-7-9-11-13-15-17-19-20-21-22-23-24-25-26-27-28-29-30-31-32-33-34-35-37-38-40-42-44-46-48-50-54(58)53(52-57)56-55(59)51-49-47-45-43-41-39-36-18-16-14-12-10-8-6-4-2/h6,8,12,14,18,36,48,50,53-54,57-58H,3-5,7,9-11,13,15-17,19-35,37-47,49,51-52H2,1-2H3,(H,56,59)/b8-6-,14-12-,36-18-,50-48+. The number of amides is 1. The topological polar surface area (TPSA) is 69.6 Å². The minimum absolute atomic E-state index is 0.0799. The Hall–Kier alpha value is -1.65. The van der Waals surface area contributed by atoms with Gasteiger partial charge in [-0.15, -0.1) is 0 Å². The van der Waals surface area contributed by atoms with Gasteiger partial charge in [0.25, 0.3) is 0 Å². The summed E-state index contributed by atoms with van der Waals surface area (Å²) in [7, 11) is 0. The normalized spacial score (nSPS) is 13.2. The van der Waals surface area contributed by atoms with Crippen LogP contribution in [0.3, 0.4) is 0 Å². The molecule has 59 heavy (non-hydrogen) atoms. The van der Waals surface area contributed by atoms with Crippen molar-refractivity contribution >= 4 is 5.91 Å². The molecule has 0 bridgehead atoms. The van der Waals surface area contributed by atoms with E-state index in [-0.39, 0.29) is 12.5 Å². The highest BCUT2D eigenvalue weighted by Crippen LogP contribution is 2.17. The minimum Gasteiger partial charge on any atom is -0.394 e. The molecule has 0 fully saturated rings. The van der Waals surface area contributed by atoms with Gasteiger partial charge >= 0.3 is 0 Å². The highest BCUT2D eigenvalue weighted by molar-refractivity contribution is 5.76. The zero-order valence-electron chi connectivity index (χ0n) is 39.8. The monoisotopic (exact) mass is 826 g/mol. The molecule has 0 aromatic heterocycles. The Morgan fingerprint density at radius 1 is 0.424 bits per heavy atom. The van der Waals surface area contributed by atoms with Crippen molar-refractivity contribution in [2.75, 3.05) is 6.61 Å². The second-order valence-electron chi connectivity index (χ2n) is 17.9. The zero-order valence-corrected chi connectivity index (χ0v) is 39.8. The van der Waals surface area contributed by atoms with Gasteiger partial charge < -0.3 is 15.5 Å². The summed E-state index contributed by atoms with van der Waals surface area (Å²) in [6.45, 7) is 4.21. The summed E-state index contributed by atoms with van der Waals surface area (Å²) in [5.41, 5.74) is 0. The molecular weight excluding hydrogens is 723 g/mol. The van der Waals surface area contributed by atoms with Crippen molar-refractivity contribution in [2.24, 2.45) is 0 Å². The molecule has 0 aliphatic heterocycles. The van der Waals surface area contributed by atoms with Gasteiger partial charge in [0, 0.05) is 6.42 Å². The third-order valence-electron chi connectivity index (χ3n) is 12.1. The van der Waals surface area contributed by atoms with Crippen LogP contribution in [-0.2, 0) is 4.79 Å². The lowest BCUT2D eigenvalue weighted by molar-refractivity contribution is -0.123. The summed E-state index contributed by atoms with van der Waals surface area (Å²) in [6, 6.07) is -0.633. The average molecular weight is 826 g/mol. The number of carbonyl (C=O) groups excluding carboxylic acids is 1. The van der Waals surface area contributed by atoms with Gasteiger partial charge in [-0.3, -0.25) is 4.79 Å². The lowest BCUT2D eigenvalue weighted by Gasteiger charge is -2.20. The molecule has 4 nitrogen and oxygen atoms in total. The number of hydrogen-bond donors (Lipinski definition) is 3. The molecule has 0 spiro atoms. The summed E-state index contributed by atoms with van der Waals surface area (Å²) in [4.78, 5) is 12.4. The molecule has 0 aromatic carbocycles. The van der Waals surface area contributed by atoms with Crippen LogP contribution < -0.4 is 5.32 Å². The van der Waals surface area contributed by atoms with Crippen molar-refractivity contribution in [1.29, 1.82) is 0 Å². The summed E-state index contributed by atoms with van der Waals surface area (Å²) in [5, 5.41) is 23.1. The predicted octanol–water partition coefficient (Wildman–Crippen LogP) is 17.1.